The number of piperidine rings is 1. The lowest BCUT2D eigenvalue weighted by atomic mass is 10.2. The first-order valence-electron chi connectivity index (χ1n) is 10.2. The van der Waals surface area contributed by atoms with E-state index in [0.29, 0.717) is 32.7 Å². The molecule has 162 valence electrons. The summed E-state index contributed by atoms with van der Waals surface area (Å²) in [5.41, 5.74) is 0.203. The summed E-state index contributed by atoms with van der Waals surface area (Å²) in [4.78, 5) is 20.9. The average molecular weight is 453 g/mol. The van der Waals surface area contributed by atoms with Gasteiger partial charge in [-0.05, 0) is 37.5 Å². The zero-order chi connectivity index (χ0) is 21.1. The maximum Gasteiger partial charge on any atom is 0.253 e. The molecule has 0 bridgehead atoms. The van der Waals surface area contributed by atoms with Crippen LogP contribution in [0, 0.1) is 5.82 Å². The molecule has 0 spiro atoms. The van der Waals surface area contributed by atoms with Gasteiger partial charge >= 0.3 is 0 Å². The van der Waals surface area contributed by atoms with E-state index in [1.165, 1.54) is 16.4 Å². The summed E-state index contributed by atoms with van der Waals surface area (Å²) in [5.74, 6) is -1.09. The van der Waals surface area contributed by atoms with Gasteiger partial charge in [0.15, 0.2) is 5.13 Å². The average Bonchev–Trinajstić information content (AvgIpc) is 3.19. The third kappa shape index (κ3) is 4.35. The Morgan fingerprint density at radius 2 is 1.80 bits per heavy atom. The molecule has 2 fully saturated rings. The number of sulfonamides is 1. The van der Waals surface area contributed by atoms with Crippen LogP contribution >= 0.6 is 11.3 Å². The van der Waals surface area contributed by atoms with Gasteiger partial charge in [-0.25, -0.2) is 17.8 Å². The second kappa shape index (κ2) is 8.99. The van der Waals surface area contributed by atoms with Crippen molar-refractivity contribution in [3.8, 4) is 0 Å². The van der Waals surface area contributed by atoms with E-state index in [1.54, 1.807) is 22.4 Å². The van der Waals surface area contributed by atoms with Crippen LogP contribution in [0.15, 0.2) is 34.7 Å². The third-order valence-corrected chi connectivity index (χ3v) is 8.33. The number of hydrogen-bond donors (Lipinski definition) is 0. The molecule has 2 saturated heterocycles. The summed E-state index contributed by atoms with van der Waals surface area (Å²) in [6, 6.07) is 3.66. The number of anilines is 1. The van der Waals surface area contributed by atoms with E-state index in [1.807, 2.05) is 5.38 Å². The van der Waals surface area contributed by atoms with Crippen LogP contribution in [0.25, 0.3) is 0 Å². The predicted molar refractivity (Wildman–Crippen MR) is 114 cm³/mol. The fourth-order valence-corrected chi connectivity index (χ4v) is 6.25. The minimum absolute atomic E-state index is 0.203. The standard InChI is InChI=1S/C20H25FN4O3S2/c21-17-6-5-16(15-18(17)30(27,28)25-10-2-1-3-11-25)19(26)23-8-4-9-24(13-12-23)20-22-7-14-29-20/h5-7,14-15H,1-4,8-13H2. The molecule has 0 unspecified atom stereocenters. The number of amides is 1. The van der Waals surface area contributed by atoms with Crippen molar-refractivity contribution in [2.24, 2.45) is 0 Å². The van der Waals surface area contributed by atoms with Crippen molar-refractivity contribution >= 4 is 32.4 Å². The number of carbonyl (C=O) groups excluding carboxylic acids is 1. The third-order valence-electron chi connectivity index (χ3n) is 5.58. The molecule has 0 aliphatic carbocycles. The number of rotatable bonds is 4. The monoisotopic (exact) mass is 452 g/mol. The first kappa shape index (κ1) is 21.2. The molecule has 2 aromatic rings. The van der Waals surface area contributed by atoms with Crippen molar-refractivity contribution in [1.82, 2.24) is 14.2 Å². The van der Waals surface area contributed by atoms with E-state index in [0.717, 1.165) is 43.4 Å². The fourth-order valence-electron chi connectivity index (χ4n) is 3.94. The SMILES string of the molecule is O=C(c1ccc(F)c(S(=O)(=O)N2CCCCC2)c1)N1CCCN(c2nccs2)CC1. The highest BCUT2D eigenvalue weighted by Crippen LogP contribution is 2.25. The molecular weight excluding hydrogens is 427 g/mol. The van der Waals surface area contributed by atoms with Crippen LogP contribution in [-0.2, 0) is 10.0 Å². The van der Waals surface area contributed by atoms with E-state index >= 15 is 0 Å². The Labute approximate surface area is 180 Å². The molecule has 1 aromatic heterocycles. The van der Waals surface area contributed by atoms with Gasteiger partial charge in [-0.15, -0.1) is 11.3 Å². The topological polar surface area (TPSA) is 73.8 Å². The lowest BCUT2D eigenvalue weighted by molar-refractivity contribution is 0.0766. The van der Waals surface area contributed by atoms with Gasteiger partial charge < -0.3 is 9.80 Å². The highest BCUT2D eigenvalue weighted by molar-refractivity contribution is 7.89. The van der Waals surface area contributed by atoms with Crippen molar-refractivity contribution in [1.29, 1.82) is 0 Å². The van der Waals surface area contributed by atoms with E-state index in [-0.39, 0.29) is 11.5 Å². The predicted octanol–water partition coefficient (Wildman–Crippen LogP) is 2.81. The number of nitrogens with zero attached hydrogens (tertiary/aromatic N) is 4. The molecule has 30 heavy (non-hydrogen) atoms. The molecular formula is C20H25FN4O3S2. The van der Waals surface area contributed by atoms with E-state index in [2.05, 4.69) is 9.88 Å². The second-order valence-electron chi connectivity index (χ2n) is 7.56. The van der Waals surface area contributed by atoms with Gasteiger partial charge in [0.25, 0.3) is 5.91 Å². The van der Waals surface area contributed by atoms with Crippen molar-refractivity contribution in [2.75, 3.05) is 44.2 Å². The molecule has 0 atom stereocenters. The Hall–Kier alpha value is -2.04. The summed E-state index contributed by atoms with van der Waals surface area (Å²) >= 11 is 1.56. The molecule has 7 nitrogen and oxygen atoms in total. The number of carbonyl (C=O) groups is 1. The van der Waals surface area contributed by atoms with Crippen molar-refractivity contribution in [3.05, 3.63) is 41.2 Å². The maximum atomic E-state index is 14.5. The first-order chi connectivity index (χ1) is 14.5. The molecule has 4 rings (SSSR count). The normalized spacial score (nSPS) is 19.0. The quantitative estimate of drug-likeness (QED) is 0.713. The minimum atomic E-state index is -3.95. The van der Waals surface area contributed by atoms with Crippen LogP contribution in [0.2, 0.25) is 0 Å². The largest absolute Gasteiger partial charge is 0.346 e. The molecule has 1 amide bonds. The Kier molecular flexibility index (Phi) is 6.35. The van der Waals surface area contributed by atoms with Crippen LogP contribution in [0.1, 0.15) is 36.0 Å². The highest BCUT2D eigenvalue weighted by Gasteiger charge is 2.30. The van der Waals surface area contributed by atoms with Crippen molar-refractivity contribution in [2.45, 2.75) is 30.6 Å². The van der Waals surface area contributed by atoms with Gasteiger partial charge in [-0.2, -0.15) is 4.31 Å². The Balaban J connectivity index is 1.52. The second-order valence-corrected chi connectivity index (χ2v) is 10.3. The zero-order valence-electron chi connectivity index (χ0n) is 16.7. The van der Waals surface area contributed by atoms with Crippen LogP contribution < -0.4 is 4.90 Å². The summed E-state index contributed by atoms with van der Waals surface area (Å²) in [6.45, 7) is 3.29. The van der Waals surface area contributed by atoms with Gasteiger partial charge in [-0.3, -0.25) is 4.79 Å². The lowest BCUT2D eigenvalue weighted by Crippen LogP contribution is -2.37. The smallest absolute Gasteiger partial charge is 0.253 e. The molecule has 3 heterocycles. The van der Waals surface area contributed by atoms with Gasteiger partial charge in [0.2, 0.25) is 10.0 Å². The summed E-state index contributed by atoms with van der Waals surface area (Å²) < 4.78 is 41.7. The number of thiazole rings is 1. The van der Waals surface area contributed by atoms with E-state index in [9.17, 15) is 17.6 Å². The van der Waals surface area contributed by atoms with Gasteiger partial charge in [0, 0.05) is 56.4 Å². The Morgan fingerprint density at radius 3 is 2.53 bits per heavy atom. The van der Waals surface area contributed by atoms with Gasteiger partial charge in [0.05, 0.1) is 0 Å². The van der Waals surface area contributed by atoms with Crippen LogP contribution in [0.4, 0.5) is 9.52 Å². The molecule has 0 radical (unpaired) electrons. The molecule has 0 N–H and O–H groups in total. The molecule has 10 heteroatoms. The molecule has 1 aromatic carbocycles. The molecule has 2 aliphatic rings. The van der Waals surface area contributed by atoms with Gasteiger partial charge in [0.1, 0.15) is 10.7 Å². The fraction of sp³-hybridized carbons (Fsp3) is 0.500. The number of halogens is 1. The summed E-state index contributed by atoms with van der Waals surface area (Å²) in [6.07, 6.45) is 5.05. The number of aromatic nitrogens is 1. The first-order valence-corrected chi connectivity index (χ1v) is 12.5. The van der Waals surface area contributed by atoms with Crippen molar-refractivity contribution < 1.29 is 17.6 Å². The van der Waals surface area contributed by atoms with Crippen LogP contribution in [-0.4, -0.2) is 67.8 Å². The zero-order valence-corrected chi connectivity index (χ0v) is 18.3. The van der Waals surface area contributed by atoms with E-state index < -0.39 is 20.7 Å². The summed E-state index contributed by atoms with van der Waals surface area (Å²) in [5, 5.41) is 2.85. The van der Waals surface area contributed by atoms with E-state index in [4.69, 9.17) is 0 Å². The minimum Gasteiger partial charge on any atom is -0.346 e. The van der Waals surface area contributed by atoms with Crippen LogP contribution in [0.5, 0.6) is 0 Å². The highest BCUT2D eigenvalue weighted by atomic mass is 32.2. The molecule has 2 aliphatic heterocycles. The maximum absolute atomic E-state index is 14.5. The van der Waals surface area contributed by atoms with Gasteiger partial charge in [-0.1, -0.05) is 6.42 Å². The van der Waals surface area contributed by atoms with Crippen molar-refractivity contribution in [3.63, 3.8) is 0 Å². The lowest BCUT2D eigenvalue weighted by Gasteiger charge is -2.26. The Bertz CT molecular complexity index is 991. The molecule has 0 saturated carbocycles. The Morgan fingerprint density at radius 1 is 1.00 bits per heavy atom. The number of benzene rings is 1. The summed E-state index contributed by atoms with van der Waals surface area (Å²) in [7, 11) is -3.95. The van der Waals surface area contributed by atoms with Crippen LogP contribution in [0.3, 0.4) is 0 Å². The number of hydrogen-bond acceptors (Lipinski definition) is 6.